The summed E-state index contributed by atoms with van der Waals surface area (Å²) in [5.74, 6) is 9.49. The van der Waals surface area contributed by atoms with Gasteiger partial charge < -0.3 is 0 Å². The summed E-state index contributed by atoms with van der Waals surface area (Å²) >= 11 is 2.01. The van der Waals surface area contributed by atoms with Gasteiger partial charge in [0.25, 0.3) is 0 Å². The van der Waals surface area contributed by atoms with E-state index in [0.29, 0.717) is 12.0 Å². The summed E-state index contributed by atoms with van der Waals surface area (Å²) in [7, 11) is 0. The van der Waals surface area contributed by atoms with Crippen LogP contribution in [0.1, 0.15) is 37.3 Å². The first-order chi connectivity index (χ1) is 8.70. The fourth-order valence-electron chi connectivity index (χ4n) is 2.55. The van der Waals surface area contributed by atoms with E-state index in [1.165, 1.54) is 29.7 Å². The van der Waals surface area contributed by atoms with Crippen molar-refractivity contribution in [1.29, 1.82) is 0 Å². The highest BCUT2D eigenvalue weighted by molar-refractivity contribution is 7.99. The minimum Gasteiger partial charge on any atom is -0.271 e. The van der Waals surface area contributed by atoms with E-state index in [4.69, 9.17) is 5.84 Å². The number of nitrogens with one attached hydrogen (secondary N) is 1. The topological polar surface area (TPSA) is 38.0 Å². The van der Waals surface area contributed by atoms with Gasteiger partial charge in [-0.05, 0) is 41.6 Å². The molecule has 0 spiro atoms. The molecule has 1 aliphatic rings. The van der Waals surface area contributed by atoms with E-state index in [1.807, 2.05) is 11.8 Å². The number of benzene rings is 1. The molecule has 0 saturated carbocycles. The lowest BCUT2D eigenvalue weighted by Gasteiger charge is -2.32. The van der Waals surface area contributed by atoms with Crippen LogP contribution in [-0.4, -0.2) is 17.5 Å². The molecule has 0 fully saturated rings. The van der Waals surface area contributed by atoms with E-state index >= 15 is 0 Å². The second-order valence-electron chi connectivity index (χ2n) is 5.63. The molecule has 0 aromatic heterocycles. The van der Waals surface area contributed by atoms with E-state index in [9.17, 15) is 0 Å². The number of rotatable bonds is 7. The fourth-order valence-corrected chi connectivity index (χ4v) is 3.67. The predicted octanol–water partition coefficient (Wildman–Crippen LogP) is 2.94. The summed E-state index contributed by atoms with van der Waals surface area (Å²) in [6.45, 7) is 4.53. The summed E-state index contributed by atoms with van der Waals surface area (Å²) in [5, 5.41) is 0. The third kappa shape index (κ3) is 3.50. The number of hydrogen-bond donors (Lipinski definition) is 2. The molecule has 0 saturated heterocycles. The van der Waals surface area contributed by atoms with Crippen LogP contribution in [0.25, 0.3) is 0 Å². The minimum absolute atomic E-state index is 0.437. The average molecular weight is 264 g/mol. The summed E-state index contributed by atoms with van der Waals surface area (Å²) in [6, 6.07) is 9.21. The van der Waals surface area contributed by atoms with E-state index in [1.54, 1.807) is 0 Å². The third-order valence-electron chi connectivity index (χ3n) is 3.54. The molecule has 100 valence electrons. The van der Waals surface area contributed by atoms with Crippen LogP contribution in [0.4, 0.5) is 0 Å². The quantitative estimate of drug-likeness (QED) is 0.587. The number of fused-ring (bicyclic) bond motifs is 1. The van der Waals surface area contributed by atoms with Crippen molar-refractivity contribution in [3.8, 4) is 0 Å². The van der Waals surface area contributed by atoms with E-state index in [-0.39, 0.29) is 0 Å². The lowest BCUT2D eigenvalue weighted by molar-refractivity contribution is 0.452. The smallest absolute Gasteiger partial charge is 0.0307 e. The van der Waals surface area contributed by atoms with Gasteiger partial charge in [-0.15, -0.1) is 0 Å². The zero-order valence-electron chi connectivity index (χ0n) is 11.4. The Morgan fingerprint density at radius 3 is 2.78 bits per heavy atom. The first-order valence-corrected chi connectivity index (χ1v) is 7.97. The van der Waals surface area contributed by atoms with Crippen LogP contribution in [0.2, 0.25) is 0 Å². The van der Waals surface area contributed by atoms with Gasteiger partial charge >= 0.3 is 0 Å². The van der Waals surface area contributed by atoms with Crippen molar-refractivity contribution in [3.05, 3.63) is 35.4 Å². The van der Waals surface area contributed by atoms with Crippen LogP contribution in [0, 0.1) is 5.92 Å². The normalized spacial score (nSPS) is 19.4. The predicted molar refractivity (Wildman–Crippen MR) is 80.8 cm³/mol. The van der Waals surface area contributed by atoms with Gasteiger partial charge in [0.15, 0.2) is 0 Å². The molecule has 0 heterocycles. The Bertz CT molecular complexity index is 379. The Morgan fingerprint density at radius 1 is 1.33 bits per heavy atom. The molecule has 3 N–H and O–H groups in total. The SMILES string of the molecule is CC(C)CSCC(CC1Cc2ccccc21)NN. The lowest BCUT2D eigenvalue weighted by Crippen LogP contribution is -2.39. The molecule has 1 aromatic carbocycles. The second kappa shape index (κ2) is 6.60. The van der Waals surface area contributed by atoms with Gasteiger partial charge in [-0.1, -0.05) is 38.1 Å². The molecular weight excluding hydrogens is 240 g/mol. The van der Waals surface area contributed by atoms with Gasteiger partial charge in [-0.3, -0.25) is 11.3 Å². The number of nitrogens with two attached hydrogens (primary N) is 1. The molecule has 2 atom stereocenters. The highest BCUT2D eigenvalue weighted by Gasteiger charge is 2.27. The van der Waals surface area contributed by atoms with E-state index in [2.05, 4.69) is 43.5 Å². The van der Waals surface area contributed by atoms with Crippen molar-refractivity contribution in [2.24, 2.45) is 11.8 Å². The molecule has 18 heavy (non-hydrogen) atoms. The lowest BCUT2D eigenvalue weighted by atomic mass is 9.75. The molecular formula is C15H24N2S. The molecule has 2 rings (SSSR count). The molecule has 1 aromatic rings. The zero-order chi connectivity index (χ0) is 13.0. The molecule has 1 aliphatic carbocycles. The van der Waals surface area contributed by atoms with Crippen LogP contribution in [-0.2, 0) is 6.42 Å². The number of hydrazine groups is 1. The molecule has 2 nitrogen and oxygen atoms in total. The minimum atomic E-state index is 0.437. The molecule has 0 radical (unpaired) electrons. The molecule has 2 unspecified atom stereocenters. The monoisotopic (exact) mass is 264 g/mol. The maximum atomic E-state index is 5.67. The van der Waals surface area contributed by atoms with E-state index in [0.717, 1.165) is 11.7 Å². The third-order valence-corrected chi connectivity index (χ3v) is 5.08. The van der Waals surface area contributed by atoms with Gasteiger partial charge in [0, 0.05) is 11.8 Å². The van der Waals surface area contributed by atoms with Crippen molar-refractivity contribution in [1.82, 2.24) is 5.43 Å². The molecule has 0 aliphatic heterocycles. The average Bonchev–Trinajstić information content (AvgIpc) is 2.33. The van der Waals surface area contributed by atoms with Crippen LogP contribution in [0.15, 0.2) is 24.3 Å². The van der Waals surface area contributed by atoms with Gasteiger partial charge in [-0.25, -0.2) is 0 Å². The van der Waals surface area contributed by atoms with Crippen LogP contribution < -0.4 is 11.3 Å². The van der Waals surface area contributed by atoms with Gasteiger partial charge in [0.1, 0.15) is 0 Å². The Balaban J connectivity index is 1.78. The van der Waals surface area contributed by atoms with Crippen molar-refractivity contribution < 1.29 is 0 Å². The van der Waals surface area contributed by atoms with Gasteiger partial charge in [0.2, 0.25) is 0 Å². The first kappa shape index (κ1) is 13.9. The van der Waals surface area contributed by atoms with Crippen LogP contribution >= 0.6 is 11.8 Å². The van der Waals surface area contributed by atoms with Crippen molar-refractivity contribution in [2.75, 3.05) is 11.5 Å². The fraction of sp³-hybridized carbons (Fsp3) is 0.600. The van der Waals surface area contributed by atoms with Crippen molar-refractivity contribution >= 4 is 11.8 Å². The van der Waals surface area contributed by atoms with Crippen LogP contribution in [0.3, 0.4) is 0 Å². The number of thioether (sulfide) groups is 1. The Hall–Kier alpha value is -0.510. The Kier molecular flexibility index (Phi) is 5.10. The molecule has 0 bridgehead atoms. The Labute approximate surface area is 115 Å². The zero-order valence-corrected chi connectivity index (χ0v) is 12.2. The second-order valence-corrected chi connectivity index (χ2v) is 6.71. The Morgan fingerprint density at radius 2 is 2.11 bits per heavy atom. The highest BCUT2D eigenvalue weighted by atomic mass is 32.2. The number of hydrogen-bond acceptors (Lipinski definition) is 3. The summed E-state index contributed by atoms with van der Waals surface area (Å²) < 4.78 is 0. The summed E-state index contributed by atoms with van der Waals surface area (Å²) in [5.41, 5.74) is 6.04. The van der Waals surface area contributed by atoms with Crippen LogP contribution in [0.5, 0.6) is 0 Å². The maximum Gasteiger partial charge on any atom is 0.0307 e. The summed E-state index contributed by atoms with van der Waals surface area (Å²) in [6.07, 6.45) is 2.39. The maximum absolute atomic E-state index is 5.67. The van der Waals surface area contributed by atoms with E-state index < -0.39 is 0 Å². The van der Waals surface area contributed by atoms with Gasteiger partial charge in [-0.2, -0.15) is 11.8 Å². The standard InChI is InChI=1S/C15H24N2S/c1-11(2)9-18-10-14(17-16)8-13-7-12-5-3-4-6-15(12)13/h3-6,11,13-14,17H,7-10,16H2,1-2H3. The van der Waals surface area contributed by atoms with Crippen molar-refractivity contribution in [3.63, 3.8) is 0 Å². The van der Waals surface area contributed by atoms with Crippen molar-refractivity contribution in [2.45, 2.75) is 38.6 Å². The highest BCUT2D eigenvalue weighted by Crippen LogP contribution is 2.38. The van der Waals surface area contributed by atoms with Gasteiger partial charge in [0.05, 0.1) is 0 Å². The largest absolute Gasteiger partial charge is 0.271 e. The summed E-state index contributed by atoms with van der Waals surface area (Å²) in [4.78, 5) is 0. The molecule has 0 amide bonds. The molecule has 3 heteroatoms. The first-order valence-electron chi connectivity index (χ1n) is 6.82.